The number of benzene rings is 2. The maximum atomic E-state index is 12.2. The molecule has 7 rings (SSSR count). The zero-order chi connectivity index (χ0) is 27.9. The Labute approximate surface area is 239 Å². The second-order valence-corrected chi connectivity index (χ2v) is 11.2. The Morgan fingerprint density at radius 2 is 1.76 bits per heavy atom. The van der Waals surface area contributed by atoms with Crippen LogP contribution in [0.25, 0.3) is 38.9 Å². The summed E-state index contributed by atoms with van der Waals surface area (Å²) < 4.78 is 7.32. The molecule has 0 unspecified atom stereocenters. The van der Waals surface area contributed by atoms with Crippen molar-refractivity contribution in [3.8, 4) is 22.5 Å². The summed E-state index contributed by atoms with van der Waals surface area (Å²) in [6, 6.07) is 21.3. The van der Waals surface area contributed by atoms with Crippen LogP contribution < -0.4 is 5.73 Å². The number of carbonyl (C=O) groups is 1. The normalized spacial score (nSPS) is 19.8. The molecule has 41 heavy (non-hydrogen) atoms. The molecular weight excluding hydrogens is 512 g/mol. The second-order valence-electron chi connectivity index (χ2n) is 11.2. The first-order valence-corrected chi connectivity index (χ1v) is 14.6. The molecule has 1 aliphatic carbocycles. The van der Waals surface area contributed by atoms with Crippen molar-refractivity contribution in [2.45, 2.75) is 44.6 Å². The summed E-state index contributed by atoms with van der Waals surface area (Å²) in [6.45, 7) is 4.20. The van der Waals surface area contributed by atoms with Crippen LogP contribution in [0.1, 0.15) is 44.3 Å². The minimum Gasteiger partial charge on any atom is -0.466 e. The van der Waals surface area contributed by atoms with Crippen molar-refractivity contribution in [2.75, 3.05) is 25.4 Å². The average Bonchev–Trinajstić information content (AvgIpc) is 3.37. The molecule has 2 N–H and O–H groups in total. The highest BCUT2D eigenvalue weighted by molar-refractivity contribution is 5.89. The fourth-order valence-electron chi connectivity index (χ4n) is 6.46. The Hall–Kier alpha value is -4.30. The van der Waals surface area contributed by atoms with Crippen LogP contribution in [0, 0.1) is 5.92 Å². The molecule has 1 aliphatic heterocycles. The third-order valence-corrected chi connectivity index (χ3v) is 8.78. The van der Waals surface area contributed by atoms with E-state index in [0.29, 0.717) is 24.4 Å². The van der Waals surface area contributed by atoms with E-state index < -0.39 is 0 Å². The van der Waals surface area contributed by atoms with Gasteiger partial charge in [0.1, 0.15) is 11.6 Å². The molecule has 2 fully saturated rings. The SMILES string of the molecule is CCOC(=O)C1CCN(C2CC(c3nc(-c4ccc5ccc(-c6ccccc6)nc5c4)c4cncc(N)n34)C2)CC1. The third kappa shape index (κ3) is 4.72. The van der Waals surface area contributed by atoms with Gasteiger partial charge in [-0.1, -0.05) is 48.5 Å². The van der Waals surface area contributed by atoms with E-state index in [9.17, 15) is 4.79 Å². The fourth-order valence-corrected chi connectivity index (χ4v) is 6.46. The summed E-state index contributed by atoms with van der Waals surface area (Å²) in [7, 11) is 0. The lowest BCUT2D eigenvalue weighted by Gasteiger charge is -2.45. The maximum Gasteiger partial charge on any atom is 0.309 e. The molecule has 0 atom stereocenters. The minimum absolute atomic E-state index is 0.0355. The number of hydrogen-bond donors (Lipinski definition) is 1. The van der Waals surface area contributed by atoms with E-state index in [2.05, 4.69) is 56.7 Å². The first kappa shape index (κ1) is 25.7. The van der Waals surface area contributed by atoms with Crippen LogP contribution in [0.5, 0.6) is 0 Å². The molecule has 0 bridgehead atoms. The second kappa shape index (κ2) is 10.6. The van der Waals surface area contributed by atoms with E-state index in [1.165, 1.54) is 0 Å². The predicted octanol–water partition coefficient (Wildman–Crippen LogP) is 5.71. The summed E-state index contributed by atoms with van der Waals surface area (Å²) in [5, 5.41) is 1.09. The lowest BCUT2D eigenvalue weighted by atomic mass is 9.77. The highest BCUT2D eigenvalue weighted by atomic mass is 16.5. The molecule has 0 spiro atoms. The van der Waals surface area contributed by atoms with E-state index in [-0.39, 0.29) is 11.9 Å². The number of fused-ring (bicyclic) bond motifs is 2. The Balaban J connectivity index is 1.15. The van der Waals surface area contributed by atoms with Gasteiger partial charge in [0.2, 0.25) is 0 Å². The number of carbonyl (C=O) groups excluding carboxylic acids is 1. The van der Waals surface area contributed by atoms with E-state index in [0.717, 1.165) is 83.5 Å². The number of pyridine rings is 1. The molecule has 3 aromatic heterocycles. The van der Waals surface area contributed by atoms with E-state index >= 15 is 0 Å². The van der Waals surface area contributed by atoms with Crippen LogP contribution in [-0.2, 0) is 9.53 Å². The number of nitrogen functional groups attached to an aromatic ring is 1. The number of nitrogens with zero attached hydrogens (tertiary/aromatic N) is 5. The lowest BCUT2D eigenvalue weighted by Crippen LogP contribution is -2.48. The van der Waals surface area contributed by atoms with Gasteiger partial charge in [0.15, 0.2) is 0 Å². The number of nitrogens with two attached hydrogens (primary N) is 1. The molecule has 0 radical (unpaired) electrons. The molecule has 8 nitrogen and oxygen atoms in total. The molecular formula is C33H34N6O2. The van der Waals surface area contributed by atoms with E-state index in [1.54, 1.807) is 6.20 Å². The first-order valence-electron chi connectivity index (χ1n) is 14.6. The number of esters is 1. The Morgan fingerprint density at radius 3 is 2.54 bits per heavy atom. The monoisotopic (exact) mass is 546 g/mol. The number of anilines is 1. The number of piperidine rings is 1. The van der Waals surface area contributed by atoms with Gasteiger partial charge in [0.05, 0.1) is 47.3 Å². The van der Waals surface area contributed by atoms with Gasteiger partial charge in [-0.2, -0.15) is 0 Å². The van der Waals surface area contributed by atoms with Crippen LogP contribution in [0.4, 0.5) is 5.82 Å². The van der Waals surface area contributed by atoms with Gasteiger partial charge in [-0.15, -0.1) is 0 Å². The standard InChI is InChI=1S/C33H34N6O2/c1-2-41-33(40)23-12-14-38(15-13-23)26-16-25(17-26)32-37-31(29-19-35-20-30(34)39(29)32)24-9-8-22-10-11-27(36-28(22)18-24)21-6-4-3-5-7-21/h3-11,18-20,23,25-26H,2,12-17,34H2,1H3. The number of hydrogen-bond acceptors (Lipinski definition) is 7. The van der Waals surface area contributed by atoms with Crippen molar-refractivity contribution in [1.82, 2.24) is 24.3 Å². The van der Waals surface area contributed by atoms with Gasteiger partial charge in [-0.3, -0.25) is 14.2 Å². The summed E-state index contributed by atoms with van der Waals surface area (Å²) in [5.41, 5.74) is 12.2. The number of rotatable bonds is 6. The van der Waals surface area contributed by atoms with Crippen molar-refractivity contribution < 1.29 is 9.53 Å². The fraction of sp³-hybridized carbons (Fsp3) is 0.333. The van der Waals surface area contributed by atoms with Gasteiger partial charge in [-0.25, -0.2) is 9.97 Å². The molecule has 208 valence electrons. The average molecular weight is 547 g/mol. The number of ether oxygens (including phenoxy) is 1. The van der Waals surface area contributed by atoms with E-state index in [1.807, 2.05) is 31.3 Å². The molecule has 1 saturated carbocycles. The van der Waals surface area contributed by atoms with Gasteiger partial charge in [0.25, 0.3) is 0 Å². The van der Waals surface area contributed by atoms with Gasteiger partial charge in [-0.05, 0) is 57.8 Å². The third-order valence-electron chi connectivity index (χ3n) is 8.78. The molecule has 2 aromatic carbocycles. The van der Waals surface area contributed by atoms with Crippen LogP contribution in [-0.4, -0.2) is 56.0 Å². The summed E-state index contributed by atoms with van der Waals surface area (Å²) in [5.74, 6) is 1.91. The molecule has 5 aromatic rings. The lowest BCUT2D eigenvalue weighted by molar-refractivity contribution is -0.150. The topological polar surface area (TPSA) is 98.6 Å². The maximum absolute atomic E-state index is 12.2. The van der Waals surface area contributed by atoms with Gasteiger partial charge in [0, 0.05) is 28.5 Å². The largest absolute Gasteiger partial charge is 0.466 e. The Bertz CT molecular complexity index is 1720. The van der Waals surface area contributed by atoms with Crippen LogP contribution in [0.3, 0.4) is 0 Å². The number of likely N-dealkylation sites (tertiary alicyclic amines) is 1. The summed E-state index contributed by atoms with van der Waals surface area (Å²) >= 11 is 0. The van der Waals surface area contributed by atoms with Crippen molar-refractivity contribution in [2.24, 2.45) is 5.92 Å². The van der Waals surface area contributed by atoms with Crippen molar-refractivity contribution >= 4 is 28.2 Å². The van der Waals surface area contributed by atoms with Gasteiger partial charge < -0.3 is 15.4 Å². The minimum atomic E-state index is -0.0423. The van der Waals surface area contributed by atoms with Crippen molar-refractivity contribution in [3.05, 3.63) is 78.9 Å². The summed E-state index contributed by atoms with van der Waals surface area (Å²) in [4.78, 5) is 29.3. The predicted molar refractivity (Wildman–Crippen MR) is 160 cm³/mol. The Kier molecular flexibility index (Phi) is 6.63. The quantitative estimate of drug-likeness (QED) is 0.272. The van der Waals surface area contributed by atoms with Crippen LogP contribution >= 0.6 is 0 Å². The zero-order valence-corrected chi connectivity index (χ0v) is 23.2. The molecule has 4 heterocycles. The molecule has 2 aliphatic rings. The smallest absolute Gasteiger partial charge is 0.309 e. The zero-order valence-electron chi connectivity index (χ0n) is 23.2. The summed E-state index contributed by atoms with van der Waals surface area (Å²) in [6.07, 6.45) is 7.37. The highest BCUT2D eigenvalue weighted by Gasteiger charge is 2.39. The van der Waals surface area contributed by atoms with Crippen LogP contribution in [0.2, 0.25) is 0 Å². The van der Waals surface area contributed by atoms with Crippen molar-refractivity contribution in [1.29, 1.82) is 0 Å². The molecule has 8 heteroatoms. The molecule has 1 saturated heterocycles. The van der Waals surface area contributed by atoms with E-state index in [4.69, 9.17) is 20.4 Å². The Morgan fingerprint density at radius 1 is 0.976 bits per heavy atom. The van der Waals surface area contributed by atoms with Crippen molar-refractivity contribution in [3.63, 3.8) is 0 Å². The number of imidazole rings is 1. The van der Waals surface area contributed by atoms with Gasteiger partial charge >= 0.3 is 5.97 Å². The van der Waals surface area contributed by atoms with Crippen LogP contribution in [0.15, 0.2) is 73.1 Å². The first-order chi connectivity index (χ1) is 20.1. The molecule has 0 amide bonds. The highest BCUT2D eigenvalue weighted by Crippen LogP contribution is 2.43. The number of aromatic nitrogens is 4.